The lowest BCUT2D eigenvalue weighted by Crippen LogP contribution is -2.34. The number of aromatic hydroxyl groups is 1. The Morgan fingerprint density at radius 2 is 1.92 bits per heavy atom. The summed E-state index contributed by atoms with van der Waals surface area (Å²) in [5.41, 5.74) is 2.08. The van der Waals surface area contributed by atoms with Crippen LogP contribution in [0.3, 0.4) is 0 Å². The number of amides is 1. The molecule has 0 heterocycles. The first-order valence-corrected chi connectivity index (χ1v) is 8.81. The molecule has 0 spiro atoms. The van der Waals surface area contributed by atoms with Gasteiger partial charge in [-0.15, -0.1) is 0 Å². The fourth-order valence-corrected chi connectivity index (χ4v) is 2.59. The van der Waals surface area contributed by atoms with Gasteiger partial charge in [0.1, 0.15) is 5.75 Å². The lowest BCUT2D eigenvalue weighted by Gasteiger charge is -2.14. The third-order valence-corrected chi connectivity index (χ3v) is 4.52. The van der Waals surface area contributed by atoms with E-state index >= 15 is 0 Å². The van der Waals surface area contributed by atoms with Crippen molar-refractivity contribution in [1.82, 2.24) is 5.32 Å². The van der Waals surface area contributed by atoms with Crippen molar-refractivity contribution in [2.75, 3.05) is 5.32 Å². The first kappa shape index (κ1) is 18.4. The van der Waals surface area contributed by atoms with Crippen LogP contribution in [0.1, 0.15) is 42.1 Å². The largest absolute Gasteiger partial charge is 0.506 e. The van der Waals surface area contributed by atoms with Crippen LogP contribution in [0.2, 0.25) is 0 Å². The summed E-state index contributed by atoms with van der Waals surface area (Å²) in [6.45, 7) is 4.22. The van der Waals surface area contributed by atoms with Gasteiger partial charge in [-0.05, 0) is 66.5 Å². The molecule has 4 nitrogen and oxygen atoms in total. The van der Waals surface area contributed by atoms with Crippen LogP contribution in [0.15, 0.2) is 46.9 Å². The standard InChI is InChI=1S/C18H19BrN2O2S/c1-3-11(2)13-6-9-16(22)15(10-13)20-18(24)21-17(23)12-4-7-14(19)8-5-12/h4-11,22H,3H2,1-2H3,(H2,20,21,23,24)/t11-/m1/s1. The van der Waals surface area contributed by atoms with Gasteiger partial charge in [-0.25, -0.2) is 0 Å². The average Bonchev–Trinajstić information content (AvgIpc) is 2.56. The number of thiocarbonyl (C=S) groups is 1. The number of hydrogen-bond acceptors (Lipinski definition) is 3. The summed E-state index contributed by atoms with van der Waals surface area (Å²) in [5, 5.41) is 15.6. The van der Waals surface area contributed by atoms with Crippen LogP contribution in [-0.2, 0) is 0 Å². The number of anilines is 1. The Kier molecular flexibility index (Phi) is 6.34. The number of nitrogens with one attached hydrogen (secondary N) is 2. The molecule has 0 aliphatic carbocycles. The maximum Gasteiger partial charge on any atom is 0.257 e. The number of carbonyl (C=O) groups excluding carboxylic acids is 1. The number of rotatable bonds is 4. The molecule has 2 aromatic rings. The Hall–Kier alpha value is -1.92. The summed E-state index contributed by atoms with van der Waals surface area (Å²) in [4.78, 5) is 12.1. The monoisotopic (exact) mass is 406 g/mol. The molecule has 3 N–H and O–H groups in total. The number of phenolic OH excluding ortho intramolecular Hbond substituents is 1. The molecule has 126 valence electrons. The molecule has 0 aromatic heterocycles. The molecular formula is C18H19BrN2O2S. The van der Waals surface area contributed by atoms with E-state index in [0.29, 0.717) is 17.2 Å². The molecule has 24 heavy (non-hydrogen) atoms. The fourth-order valence-electron chi connectivity index (χ4n) is 2.13. The van der Waals surface area contributed by atoms with Crippen LogP contribution in [0.5, 0.6) is 5.75 Å². The van der Waals surface area contributed by atoms with Crippen molar-refractivity contribution in [3.8, 4) is 5.75 Å². The summed E-state index contributed by atoms with van der Waals surface area (Å²) in [6.07, 6.45) is 0.995. The highest BCUT2D eigenvalue weighted by atomic mass is 79.9. The van der Waals surface area contributed by atoms with E-state index < -0.39 is 0 Å². The number of hydrogen-bond donors (Lipinski definition) is 3. The van der Waals surface area contributed by atoms with Crippen molar-refractivity contribution in [3.63, 3.8) is 0 Å². The lowest BCUT2D eigenvalue weighted by atomic mass is 9.98. The molecular weight excluding hydrogens is 388 g/mol. The van der Waals surface area contributed by atoms with Crippen LogP contribution < -0.4 is 10.6 Å². The van der Waals surface area contributed by atoms with Gasteiger partial charge in [0.05, 0.1) is 5.69 Å². The zero-order valence-corrected chi connectivity index (χ0v) is 15.9. The molecule has 6 heteroatoms. The van der Waals surface area contributed by atoms with Crippen LogP contribution in [-0.4, -0.2) is 16.1 Å². The third-order valence-electron chi connectivity index (χ3n) is 3.78. The predicted octanol–water partition coefficient (Wildman–Crippen LogP) is 4.80. The molecule has 0 saturated heterocycles. The lowest BCUT2D eigenvalue weighted by molar-refractivity contribution is 0.0977. The van der Waals surface area contributed by atoms with E-state index in [4.69, 9.17) is 12.2 Å². The number of phenols is 1. The maximum absolute atomic E-state index is 12.1. The van der Waals surface area contributed by atoms with Gasteiger partial charge < -0.3 is 10.4 Å². The van der Waals surface area contributed by atoms with Crippen molar-refractivity contribution >= 4 is 44.9 Å². The van der Waals surface area contributed by atoms with E-state index in [2.05, 4.69) is 40.4 Å². The topological polar surface area (TPSA) is 61.4 Å². The van der Waals surface area contributed by atoms with Gasteiger partial charge in [0.2, 0.25) is 0 Å². The molecule has 1 atom stereocenters. The van der Waals surface area contributed by atoms with Crippen molar-refractivity contribution in [2.24, 2.45) is 0 Å². The molecule has 2 rings (SSSR count). The maximum atomic E-state index is 12.1. The van der Waals surface area contributed by atoms with E-state index in [0.717, 1.165) is 16.5 Å². The average molecular weight is 407 g/mol. The van der Waals surface area contributed by atoms with Crippen molar-refractivity contribution in [2.45, 2.75) is 26.2 Å². The fraction of sp³-hybridized carbons (Fsp3) is 0.222. The summed E-state index contributed by atoms with van der Waals surface area (Å²) in [7, 11) is 0. The van der Waals surface area contributed by atoms with Crippen molar-refractivity contribution < 1.29 is 9.90 Å². The summed E-state index contributed by atoms with van der Waals surface area (Å²) in [5.74, 6) is 0.150. The summed E-state index contributed by atoms with van der Waals surface area (Å²) < 4.78 is 0.895. The van der Waals surface area contributed by atoms with Gasteiger partial charge in [-0.1, -0.05) is 35.8 Å². The Morgan fingerprint density at radius 1 is 1.25 bits per heavy atom. The molecule has 0 saturated carbocycles. The van der Waals surface area contributed by atoms with Crippen LogP contribution in [0.4, 0.5) is 5.69 Å². The summed E-state index contributed by atoms with van der Waals surface area (Å²) >= 11 is 8.50. The van der Waals surface area contributed by atoms with Crippen molar-refractivity contribution in [1.29, 1.82) is 0 Å². The minimum Gasteiger partial charge on any atom is -0.506 e. The Bertz CT molecular complexity index is 747. The molecule has 1 amide bonds. The highest BCUT2D eigenvalue weighted by Crippen LogP contribution is 2.29. The van der Waals surface area contributed by atoms with Gasteiger partial charge in [-0.2, -0.15) is 0 Å². The minimum atomic E-state index is -0.308. The van der Waals surface area contributed by atoms with Gasteiger partial charge >= 0.3 is 0 Å². The highest BCUT2D eigenvalue weighted by Gasteiger charge is 2.11. The van der Waals surface area contributed by atoms with Gasteiger partial charge in [0, 0.05) is 10.0 Å². The van der Waals surface area contributed by atoms with Gasteiger partial charge in [0.15, 0.2) is 5.11 Å². The molecule has 0 fully saturated rings. The first-order chi connectivity index (χ1) is 11.4. The Balaban J connectivity index is 2.06. The smallest absolute Gasteiger partial charge is 0.257 e. The van der Waals surface area contributed by atoms with Crippen molar-refractivity contribution in [3.05, 3.63) is 58.1 Å². The van der Waals surface area contributed by atoms with Crippen LogP contribution in [0, 0.1) is 0 Å². The SMILES string of the molecule is CC[C@@H](C)c1ccc(O)c(NC(=S)NC(=O)c2ccc(Br)cc2)c1. The molecule has 0 unspecified atom stereocenters. The van der Waals surface area contributed by atoms with Crippen LogP contribution >= 0.6 is 28.1 Å². The van der Waals surface area contributed by atoms with E-state index in [1.54, 1.807) is 30.3 Å². The van der Waals surface area contributed by atoms with E-state index in [-0.39, 0.29) is 16.8 Å². The molecule has 2 aromatic carbocycles. The third kappa shape index (κ3) is 4.79. The first-order valence-electron chi connectivity index (χ1n) is 7.61. The van der Waals surface area contributed by atoms with E-state index in [1.807, 2.05) is 12.1 Å². The quantitative estimate of drug-likeness (QED) is 0.504. The minimum absolute atomic E-state index is 0.0855. The van der Waals surface area contributed by atoms with E-state index in [9.17, 15) is 9.90 Å². The molecule has 0 aliphatic heterocycles. The second kappa shape index (κ2) is 8.26. The van der Waals surface area contributed by atoms with Crippen LogP contribution in [0.25, 0.3) is 0 Å². The zero-order chi connectivity index (χ0) is 17.7. The Labute approximate surface area is 155 Å². The van der Waals surface area contributed by atoms with Gasteiger partial charge in [0.25, 0.3) is 5.91 Å². The normalized spacial score (nSPS) is 11.6. The molecule has 0 radical (unpaired) electrons. The van der Waals surface area contributed by atoms with E-state index in [1.165, 1.54) is 0 Å². The number of benzene rings is 2. The second-order valence-corrected chi connectivity index (χ2v) is 6.82. The summed E-state index contributed by atoms with van der Waals surface area (Å²) in [6, 6.07) is 12.3. The molecule has 0 bridgehead atoms. The number of halogens is 1. The molecule has 0 aliphatic rings. The Morgan fingerprint density at radius 3 is 2.54 bits per heavy atom. The highest BCUT2D eigenvalue weighted by molar-refractivity contribution is 9.10. The number of carbonyl (C=O) groups is 1. The van der Waals surface area contributed by atoms with Gasteiger partial charge in [-0.3, -0.25) is 10.1 Å². The zero-order valence-electron chi connectivity index (χ0n) is 13.5. The predicted molar refractivity (Wildman–Crippen MR) is 105 cm³/mol. The second-order valence-electron chi connectivity index (χ2n) is 5.50.